The maximum absolute atomic E-state index is 5.21. The summed E-state index contributed by atoms with van der Waals surface area (Å²) in [5, 5.41) is 7.56. The molecule has 2 atom stereocenters. The summed E-state index contributed by atoms with van der Waals surface area (Å²) in [6.45, 7) is 2.22. The fourth-order valence-electron chi connectivity index (χ4n) is 9.59. The molecule has 6 aromatic heterocycles. The van der Waals surface area contributed by atoms with E-state index in [0.717, 1.165) is 33.7 Å². The van der Waals surface area contributed by atoms with Crippen LogP contribution in [0.1, 0.15) is 18.7 Å². The van der Waals surface area contributed by atoms with E-state index in [4.69, 9.17) is 15.0 Å². The molecular weight excluding hydrogens is 717 g/mol. The van der Waals surface area contributed by atoms with Crippen LogP contribution in [0.3, 0.4) is 0 Å². The molecule has 12 aromatic rings. The van der Waals surface area contributed by atoms with Gasteiger partial charge in [0, 0.05) is 55.0 Å². The molecule has 6 heterocycles. The Bertz CT molecular complexity index is 3510. The van der Waals surface area contributed by atoms with Gasteiger partial charge in [0.25, 0.3) is 0 Å². The van der Waals surface area contributed by atoms with Crippen molar-refractivity contribution in [3.05, 3.63) is 170 Å². The van der Waals surface area contributed by atoms with Gasteiger partial charge in [0.2, 0.25) is 0 Å². The predicted molar refractivity (Wildman–Crippen MR) is 236 cm³/mol. The fraction of sp³-hybridized carbons (Fsp3) is 0.0600. The van der Waals surface area contributed by atoms with E-state index in [2.05, 4.69) is 166 Å². The Morgan fingerprint density at radius 3 is 1.72 bits per heavy atom. The summed E-state index contributed by atoms with van der Waals surface area (Å²) in [5.41, 5.74) is 10.2. The number of hydrogen-bond donors (Lipinski definition) is 0. The van der Waals surface area contributed by atoms with Crippen LogP contribution >= 0.6 is 11.3 Å². The van der Waals surface area contributed by atoms with Crippen molar-refractivity contribution in [1.82, 2.24) is 28.3 Å². The van der Waals surface area contributed by atoms with Gasteiger partial charge in [0.1, 0.15) is 15.5 Å². The van der Waals surface area contributed by atoms with Crippen molar-refractivity contribution >= 4 is 86.4 Å². The molecule has 7 heteroatoms. The maximum Gasteiger partial charge on any atom is 0.163 e. The van der Waals surface area contributed by atoms with Gasteiger partial charge in [-0.2, -0.15) is 0 Å². The standard InChI is InChI=1S/C50H32N6S/c1-29-12-5-6-17-33(29)50-52-48(30-13-3-2-4-14-30)51-49(53-50)31-15-11-16-32(28-31)54-40-24-22-36-34-18-7-9-20-38(34)55-42-26-27-43(57-42)56-39-21-10-8-19-35(39)37-23-25-41(54)45(47(37)56)44(40)46(36)55/h2-29,33H,1H3. The van der Waals surface area contributed by atoms with E-state index in [0.29, 0.717) is 11.6 Å². The minimum Gasteiger partial charge on any atom is -0.309 e. The molecule has 2 unspecified atom stereocenters. The van der Waals surface area contributed by atoms with Crippen LogP contribution < -0.4 is 0 Å². The van der Waals surface area contributed by atoms with Crippen LogP contribution in [0.5, 0.6) is 0 Å². The number of benzene rings is 6. The largest absolute Gasteiger partial charge is 0.309 e. The van der Waals surface area contributed by atoms with Crippen molar-refractivity contribution in [2.45, 2.75) is 12.8 Å². The van der Waals surface area contributed by atoms with E-state index >= 15 is 0 Å². The van der Waals surface area contributed by atoms with Gasteiger partial charge in [-0.15, -0.1) is 0 Å². The van der Waals surface area contributed by atoms with Gasteiger partial charge in [0.15, 0.2) is 11.6 Å². The zero-order chi connectivity index (χ0) is 37.4. The number of thiophene rings is 1. The highest BCUT2D eigenvalue weighted by molar-refractivity contribution is 7.22. The summed E-state index contributed by atoms with van der Waals surface area (Å²) in [6, 6.07) is 50.6. The third kappa shape index (κ3) is 4.26. The summed E-state index contributed by atoms with van der Waals surface area (Å²) in [7, 11) is 0. The average Bonchev–Trinajstić information content (AvgIpc) is 4.04. The lowest BCUT2D eigenvalue weighted by molar-refractivity contribution is 0.600. The van der Waals surface area contributed by atoms with Crippen LogP contribution in [0.4, 0.5) is 0 Å². The van der Waals surface area contributed by atoms with Gasteiger partial charge in [-0.3, -0.25) is 8.80 Å². The molecule has 6 aromatic carbocycles. The minimum atomic E-state index is 0.0558. The molecule has 0 amide bonds. The highest BCUT2D eigenvalue weighted by Crippen LogP contribution is 2.47. The van der Waals surface area contributed by atoms with E-state index in [1.165, 1.54) is 64.0 Å². The van der Waals surface area contributed by atoms with Crippen LogP contribution in [0.25, 0.3) is 104 Å². The van der Waals surface area contributed by atoms with Gasteiger partial charge >= 0.3 is 0 Å². The smallest absolute Gasteiger partial charge is 0.163 e. The lowest BCUT2D eigenvalue weighted by Crippen LogP contribution is -2.13. The van der Waals surface area contributed by atoms with Crippen LogP contribution in [-0.4, -0.2) is 28.3 Å². The third-order valence-electron chi connectivity index (χ3n) is 12.1. The Labute approximate surface area is 330 Å². The van der Waals surface area contributed by atoms with Gasteiger partial charge in [0.05, 0.1) is 33.1 Å². The van der Waals surface area contributed by atoms with Gasteiger partial charge < -0.3 is 4.57 Å². The topological polar surface area (TPSA) is 52.4 Å². The number of fused-ring (bicyclic) bond motifs is 10. The second-order valence-corrected chi connectivity index (χ2v) is 16.3. The highest BCUT2D eigenvalue weighted by atomic mass is 32.1. The zero-order valence-corrected chi connectivity index (χ0v) is 31.7. The van der Waals surface area contributed by atoms with E-state index in [-0.39, 0.29) is 11.8 Å². The molecule has 2 bridgehead atoms. The monoisotopic (exact) mass is 748 g/mol. The van der Waals surface area contributed by atoms with Gasteiger partial charge in [-0.05, 0) is 54.4 Å². The molecule has 0 radical (unpaired) electrons. The molecule has 0 spiro atoms. The average molecular weight is 749 g/mol. The molecule has 0 aliphatic heterocycles. The summed E-state index contributed by atoms with van der Waals surface area (Å²) in [5.74, 6) is 2.46. The Balaban J connectivity index is 1.15. The van der Waals surface area contributed by atoms with E-state index in [1.807, 2.05) is 29.5 Å². The molecule has 6 nitrogen and oxygen atoms in total. The van der Waals surface area contributed by atoms with E-state index in [9.17, 15) is 0 Å². The highest BCUT2D eigenvalue weighted by Gasteiger charge is 2.26. The van der Waals surface area contributed by atoms with E-state index < -0.39 is 0 Å². The SMILES string of the molecule is CC1C=CC=CC1c1nc(-c2ccccc2)nc(-c2cccc(-n3c4ccc5c6ccccc6n6c7ccc(s7)n7c8ccccc8c8ccc3c(c4c56)c87)c2)n1. The summed E-state index contributed by atoms with van der Waals surface area (Å²) < 4.78 is 7.46. The molecule has 0 saturated carbocycles. The second-order valence-electron chi connectivity index (χ2n) is 15.3. The Morgan fingerprint density at radius 1 is 0.491 bits per heavy atom. The first-order valence-electron chi connectivity index (χ1n) is 19.5. The summed E-state index contributed by atoms with van der Waals surface area (Å²) >= 11 is 1.85. The first-order valence-corrected chi connectivity index (χ1v) is 20.3. The normalized spacial score (nSPS) is 16.0. The number of aromatic nitrogens is 6. The molecule has 0 fully saturated rings. The second kappa shape index (κ2) is 11.5. The molecule has 57 heavy (non-hydrogen) atoms. The van der Waals surface area contributed by atoms with Crippen molar-refractivity contribution in [2.75, 3.05) is 0 Å². The molecule has 0 N–H and O–H groups in total. The number of para-hydroxylation sites is 2. The van der Waals surface area contributed by atoms with E-state index in [1.54, 1.807) is 0 Å². The quantitative estimate of drug-likeness (QED) is 0.180. The van der Waals surface area contributed by atoms with Gasteiger partial charge in [-0.1, -0.05) is 134 Å². The van der Waals surface area contributed by atoms with Crippen molar-refractivity contribution in [3.63, 3.8) is 0 Å². The zero-order valence-electron chi connectivity index (χ0n) is 30.8. The number of hydrogen-bond acceptors (Lipinski definition) is 4. The van der Waals surface area contributed by atoms with Gasteiger partial charge in [-0.25, -0.2) is 15.0 Å². The van der Waals surface area contributed by atoms with Crippen molar-refractivity contribution in [2.24, 2.45) is 5.92 Å². The number of allylic oxidation sites excluding steroid dienone is 4. The number of rotatable bonds is 4. The van der Waals surface area contributed by atoms with Crippen LogP contribution in [0, 0.1) is 5.92 Å². The Kier molecular flexibility index (Phi) is 6.27. The third-order valence-corrected chi connectivity index (χ3v) is 13.2. The lowest BCUT2D eigenvalue weighted by atomic mass is 9.89. The maximum atomic E-state index is 5.21. The lowest BCUT2D eigenvalue weighted by Gasteiger charge is -2.20. The molecule has 13 rings (SSSR count). The Hall–Kier alpha value is -7.09. The first-order chi connectivity index (χ1) is 28.2. The van der Waals surface area contributed by atoms with Crippen molar-refractivity contribution < 1.29 is 0 Å². The Morgan fingerprint density at radius 2 is 1.07 bits per heavy atom. The van der Waals surface area contributed by atoms with Crippen LogP contribution in [0.2, 0.25) is 0 Å². The summed E-state index contributed by atoms with van der Waals surface area (Å²) in [6.07, 6.45) is 8.64. The van der Waals surface area contributed by atoms with Crippen LogP contribution in [0.15, 0.2) is 164 Å². The van der Waals surface area contributed by atoms with Crippen molar-refractivity contribution in [3.8, 4) is 28.5 Å². The molecule has 1 aliphatic carbocycles. The predicted octanol–water partition coefficient (Wildman–Crippen LogP) is 12.8. The molecule has 0 saturated heterocycles. The first kappa shape index (κ1) is 31.2. The van der Waals surface area contributed by atoms with Crippen molar-refractivity contribution in [1.29, 1.82) is 0 Å². The van der Waals surface area contributed by atoms with Crippen LogP contribution in [-0.2, 0) is 0 Å². The molecular formula is C50H32N6S. The summed E-state index contributed by atoms with van der Waals surface area (Å²) in [4.78, 5) is 17.8. The fourth-order valence-corrected chi connectivity index (χ4v) is 10.6. The molecule has 1 aliphatic rings. The molecule has 268 valence electrons. The number of nitrogens with zero attached hydrogens (tertiary/aromatic N) is 6. The minimum absolute atomic E-state index is 0.0558.